The summed E-state index contributed by atoms with van der Waals surface area (Å²) < 4.78 is 7.49. The number of rotatable bonds is 6. The number of hydrogen-bond acceptors (Lipinski definition) is 4. The predicted octanol–water partition coefficient (Wildman–Crippen LogP) is 4.43. The number of para-hydroxylation sites is 1. The van der Waals surface area contributed by atoms with Gasteiger partial charge in [-0.15, -0.1) is 0 Å². The molecule has 1 aliphatic rings. The van der Waals surface area contributed by atoms with Gasteiger partial charge in [-0.2, -0.15) is 10.1 Å². The SMILES string of the molecule is COc1nc2c(c(C)nn2-c2ccccc2)c(C)c1CCC(=O)NC1CCCCC1. The van der Waals surface area contributed by atoms with Gasteiger partial charge in [0, 0.05) is 23.4 Å². The molecule has 0 radical (unpaired) electrons. The standard InChI is InChI=1S/C24H30N4O2/c1-16-20(14-15-21(29)25-18-10-6-4-7-11-18)24(30-3)26-23-22(16)17(2)27-28(23)19-12-8-5-9-13-19/h5,8-9,12-13,18H,4,6-7,10-11,14-15H2,1-3H3,(H,25,29). The molecular formula is C24H30N4O2. The van der Waals surface area contributed by atoms with Crippen LogP contribution < -0.4 is 10.1 Å². The Balaban J connectivity index is 1.61. The van der Waals surface area contributed by atoms with Crippen LogP contribution in [-0.2, 0) is 11.2 Å². The molecule has 1 aromatic carbocycles. The van der Waals surface area contributed by atoms with Gasteiger partial charge in [0.2, 0.25) is 11.8 Å². The van der Waals surface area contributed by atoms with Crippen molar-refractivity contribution in [3.8, 4) is 11.6 Å². The van der Waals surface area contributed by atoms with Crippen molar-refractivity contribution >= 4 is 16.9 Å². The van der Waals surface area contributed by atoms with Gasteiger partial charge >= 0.3 is 0 Å². The maximum atomic E-state index is 12.5. The van der Waals surface area contributed by atoms with E-state index < -0.39 is 0 Å². The summed E-state index contributed by atoms with van der Waals surface area (Å²) in [6.07, 6.45) is 6.94. The minimum atomic E-state index is 0.111. The van der Waals surface area contributed by atoms with E-state index in [9.17, 15) is 4.79 Å². The molecule has 4 rings (SSSR count). The molecule has 1 N–H and O–H groups in total. The molecule has 1 fully saturated rings. The van der Waals surface area contributed by atoms with Gasteiger partial charge in [0.25, 0.3) is 0 Å². The number of hydrogen-bond donors (Lipinski definition) is 1. The zero-order chi connectivity index (χ0) is 21.1. The van der Waals surface area contributed by atoms with Gasteiger partial charge in [0.05, 0.1) is 18.5 Å². The number of nitrogens with one attached hydrogen (secondary N) is 1. The van der Waals surface area contributed by atoms with Crippen LogP contribution >= 0.6 is 0 Å². The molecule has 158 valence electrons. The number of fused-ring (bicyclic) bond motifs is 1. The number of aromatic nitrogens is 3. The Bertz CT molecular complexity index is 1040. The Kier molecular flexibility index (Phi) is 6.02. The van der Waals surface area contributed by atoms with E-state index in [2.05, 4.69) is 12.2 Å². The van der Waals surface area contributed by atoms with Gasteiger partial charge in [0.15, 0.2) is 5.65 Å². The molecule has 3 aromatic rings. The maximum Gasteiger partial charge on any atom is 0.220 e. The summed E-state index contributed by atoms with van der Waals surface area (Å²) >= 11 is 0. The number of methoxy groups -OCH3 is 1. The van der Waals surface area contributed by atoms with Crippen molar-refractivity contribution in [2.45, 2.75) is 64.8 Å². The van der Waals surface area contributed by atoms with Gasteiger partial charge < -0.3 is 10.1 Å². The molecule has 1 amide bonds. The number of carbonyl (C=O) groups excluding carboxylic acids is 1. The van der Waals surface area contributed by atoms with Crippen LogP contribution in [0, 0.1) is 13.8 Å². The normalized spacial score (nSPS) is 14.8. The lowest BCUT2D eigenvalue weighted by molar-refractivity contribution is -0.121. The molecule has 0 spiro atoms. The third kappa shape index (κ3) is 4.04. The topological polar surface area (TPSA) is 69.0 Å². The smallest absolute Gasteiger partial charge is 0.220 e. The summed E-state index contributed by atoms with van der Waals surface area (Å²) in [6.45, 7) is 4.08. The monoisotopic (exact) mass is 406 g/mol. The van der Waals surface area contributed by atoms with Crippen molar-refractivity contribution in [1.29, 1.82) is 0 Å². The first kappa shape index (κ1) is 20.4. The van der Waals surface area contributed by atoms with E-state index in [1.165, 1.54) is 19.3 Å². The summed E-state index contributed by atoms with van der Waals surface area (Å²) in [4.78, 5) is 17.3. The largest absolute Gasteiger partial charge is 0.481 e. The minimum Gasteiger partial charge on any atom is -0.481 e. The third-order valence-corrected chi connectivity index (χ3v) is 6.10. The Labute approximate surface area is 177 Å². The highest BCUT2D eigenvalue weighted by atomic mass is 16.5. The number of aryl methyl sites for hydroxylation is 2. The average molecular weight is 407 g/mol. The van der Waals surface area contributed by atoms with Gasteiger partial charge in [-0.05, 0) is 50.8 Å². The highest BCUT2D eigenvalue weighted by Gasteiger charge is 2.21. The van der Waals surface area contributed by atoms with Crippen molar-refractivity contribution in [2.24, 2.45) is 0 Å². The highest BCUT2D eigenvalue weighted by molar-refractivity contribution is 5.86. The van der Waals surface area contributed by atoms with E-state index in [1.807, 2.05) is 41.9 Å². The van der Waals surface area contributed by atoms with Crippen LogP contribution in [0.3, 0.4) is 0 Å². The number of carbonyl (C=O) groups is 1. The van der Waals surface area contributed by atoms with Crippen molar-refractivity contribution < 1.29 is 9.53 Å². The highest BCUT2D eigenvalue weighted by Crippen LogP contribution is 2.31. The van der Waals surface area contributed by atoms with Crippen molar-refractivity contribution in [3.05, 3.63) is 47.2 Å². The minimum absolute atomic E-state index is 0.111. The quantitative estimate of drug-likeness (QED) is 0.658. The molecule has 0 atom stereocenters. The molecule has 2 aromatic heterocycles. The first-order chi connectivity index (χ1) is 14.6. The van der Waals surface area contributed by atoms with Gasteiger partial charge in [-0.25, -0.2) is 4.68 Å². The summed E-state index contributed by atoms with van der Waals surface area (Å²) in [5.74, 6) is 0.683. The number of pyridine rings is 1. The van der Waals surface area contributed by atoms with Crippen LogP contribution in [0.25, 0.3) is 16.7 Å². The fourth-order valence-electron chi connectivity index (χ4n) is 4.53. The Hall–Kier alpha value is -2.89. The zero-order valence-corrected chi connectivity index (χ0v) is 18.1. The molecule has 6 nitrogen and oxygen atoms in total. The van der Waals surface area contributed by atoms with Gasteiger partial charge in [-0.1, -0.05) is 37.5 Å². The average Bonchev–Trinajstić information content (AvgIpc) is 3.10. The second-order valence-electron chi connectivity index (χ2n) is 8.16. The zero-order valence-electron chi connectivity index (χ0n) is 18.1. The van der Waals surface area contributed by atoms with Crippen LogP contribution in [0.5, 0.6) is 5.88 Å². The fraction of sp³-hybridized carbons (Fsp3) is 0.458. The fourth-order valence-corrected chi connectivity index (χ4v) is 4.53. The van der Waals surface area contributed by atoms with Crippen LogP contribution in [-0.4, -0.2) is 33.8 Å². The van der Waals surface area contributed by atoms with E-state index in [-0.39, 0.29) is 5.91 Å². The van der Waals surface area contributed by atoms with Crippen molar-refractivity contribution in [2.75, 3.05) is 7.11 Å². The van der Waals surface area contributed by atoms with E-state index in [4.69, 9.17) is 14.8 Å². The third-order valence-electron chi connectivity index (χ3n) is 6.10. The maximum absolute atomic E-state index is 12.5. The first-order valence-corrected chi connectivity index (χ1v) is 10.9. The van der Waals surface area contributed by atoms with Gasteiger partial charge in [-0.3, -0.25) is 4.79 Å². The lowest BCUT2D eigenvalue weighted by Crippen LogP contribution is -2.36. The molecular weight excluding hydrogens is 376 g/mol. The second kappa shape index (κ2) is 8.86. The van der Waals surface area contributed by atoms with E-state index in [0.29, 0.717) is 24.8 Å². The summed E-state index contributed by atoms with van der Waals surface area (Å²) in [5.41, 5.74) is 4.74. The lowest BCUT2D eigenvalue weighted by atomic mass is 9.95. The van der Waals surface area contributed by atoms with E-state index in [0.717, 1.165) is 46.4 Å². The number of benzene rings is 1. The van der Waals surface area contributed by atoms with E-state index in [1.54, 1.807) is 7.11 Å². The Morgan fingerprint density at radius 2 is 1.90 bits per heavy atom. The molecule has 6 heteroatoms. The van der Waals surface area contributed by atoms with Crippen LogP contribution in [0.4, 0.5) is 0 Å². The summed E-state index contributed by atoms with van der Waals surface area (Å²) in [6, 6.07) is 10.3. The van der Waals surface area contributed by atoms with Crippen LogP contribution in [0.2, 0.25) is 0 Å². The number of ether oxygens (including phenoxy) is 1. The second-order valence-corrected chi connectivity index (χ2v) is 8.16. The molecule has 1 aliphatic carbocycles. The lowest BCUT2D eigenvalue weighted by Gasteiger charge is -2.22. The number of nitrogens with zero attached hydrogens (tertiary/aromatic N) is 3. The molecule has 0 saturated heterocycles. The molecule has 1 saturated carbocycles. The predicted molar refractivity (Wildman–Crippen MR) is 118 cm³/mol. The molecule has 0 aliphatic heterocycles. The van der Waals surface area contributed by atoms with E-state index >= 15 is 0 Å². The first-order valence-electron chi connectivity index (χ1n) is 10.9. The van der Waals surface area contributed by atoms with Crippen LogP contribution in [0.15, 0.2) is 30.3 Å². The molecule has 0 unspecified atom stereocenters. The summed E-state index contributed by atoms with van der Waals surface area (Å²) in [5, 5.41) is 8.96. The summed E-state index contributed by atoms with van der Waals surface area (Å²) in [7, 11) is 1.63. The Morgan fingerprint density at radius 1 is 1.17 bits per heavy atom. The molecule has 30 heavy (non-hydrogen) atoms. The molecule has 2 heterocycles. The van der Waals surface area contributed by atoms with Crippen molar-refractivity contribution in [1.82, 2.24) is 20.1 Å². The van der Waals surface area contributed by atoms with Crippen molar-refractivity contribution in [3.63, 3.8) is 0 Å². The Morgan fingerprint density at radius 3 is 2.60 bits per heavy atom. The number of amides is 1. The van der Waals surface area contributed by atoms with Gasteiger partial charge in [0.1, 0.15) is 0 Å². The van der Waals surface area contributed by atoms with Crippen LogP contribution in [0.1, 0.15) is 55.3 Å². The molecule has 0 bridgehead atoms.